The lowest BCUT2D eigenvalue weighted by atomic mass is 9.88. The molecule has 6 nitrogen and oxygen atoms in total. The summed E-state index contributed by atoms with van der Waals surface area (Å²) >= 11 is 0. The van der Waals surface area contributed by atoms with Crippen LogP contribution in [0, 0.1) is 6.92 Å². The van der Waals surface area contributed by atoms with Gasteiger partial charge < -0.3 is 9.08 Å². The molecule has 2 aromatic rings. The van der Waals surface area contributed by atoms with Crippen LogP contribution in [0.4, 0.5) is 0 Å². The van der Waals surface area contributed by atoms with E-state index in [-0.39, 0.29) is 5.88 Å². The summed E-state index contributed by atoms with van der Waals surface area (Å²) < 4.78 is 36.0. The zero-order chi connectivity index (χ0) is 19.9. The number of piperidine rings is 1. The van der Waals surface area contributed by atoms with Crippen LogP contribution < -0.4 is 4.18 Å². The van der Waals surface area contributed by atoms with E-state index in [9.17, 15) is 8.42 Å². The summed E-state index contributed by atoms with van der Waals surface area (Å²) in [6, 6.07) is 9.85. The fourth-order valence-corrected chi connectivity index (χ4v) is 4.42. The van der Waals surface area contributed by atoms with Crippen molar-refractivity contribution in [1.29, 1.82) is 0 Å². The van der Waals surface area contributed by atoms with Crippen LogP contribution in [0.15, 0.2) is 35.9 Å². The van der Waals surface area contributed by atoms with Gasteiger partial charge in [0.15, 0.2) is 0 Å². The number of pyridine rings is 1. The SMILES string of the molecule is Cc1ccc2c(c1)CCc1ccc(OS(=O)(=O)O)nc1C2=C1CCN(C)CC1. The molecule has 1 aromatic heterocycles. The molecule has 1 aliphatic carbocycles. The highest BCUT2D eigenvalue weighted by atomic mass is 32.3. The molecule has 1 N–H and O–H groups in total. The van der Waals surface area contributed by atoms with Gasteiger partial charge in [-0.3, -0.25) is 4.55 Å². The Morgan fingerprint density at radius 2 is 1.75 bits per heavy atom. The minimum Gasteiger partial charge on any atom is -0.341 e. The standard InChI is InChI=1S/C21H24N2O4S/c1-14-3-7-18-17(13-14)5-4-16-6-8-19(27-28(24,25)26)22-21(16)20(18)15-9-11-23(2)12-10-15/h3,6-8,13H,4-5,9-12H2,1-2H3,(H,24,25,26). The van der Waals surface area contributed by atoms with Gasteiger partial charge >= 0.3 is 10.4 Å². The zero-order valence-electron chi connectivity index (χ0n) is 16.1. The maximum absolute atomic E-state index is 11.2. The predicted octanol–water partition coefficient (Wildman–Crippen LogP) is 3.20. The van der Waals surface area contributed by atoms with Gasteiger partial charge in [0.1, 0.15) is 0 Å². The van der Waals surface area contributed by atoms with Crippen molar-refractivity contribution in [3.05, 3.63) is 63.9 Å². The van der Waals surface area contributed by atoms with Crippen molar-refractivity contribution in [2.24, 2.45) is 0 Å². The van der Waals surface area contributed by atoms with Crippen molar-refractivity contribution in [3.8, 4) is 5.88 Å². The Kier molecular flexibility index (Phi) is 4.99. The van der Waals surface area contributed by atoms with Gasteiger partial charge in [-0.15, -0.1) is 0 Å². The number of hydrogen-bond acceptors (Lipinski definition) is 5. The van der Waals surface area contributed by atoms with Crippen LogP contribution in [0.5, 0.6) is 5.88 Å². The molecule has 28 heavy (non-hydrogen) atoms. The average Bonchev–Trinajstić information content (AvgIpc) is 2.77. The summed E-state index contributed by atoms with van der Waals surface area (Å²) in [6.07, 6.45) is 3.62. The first-order chi connectivity index (χ1) is 13.3. The monoisotopic (exact) mass is 400 g/mol. The molecule has 0 saturated carbocycles. The van der Waals surface area contributed by atoms with Crippen molar-refractivity contribution >= 4 is 16.0 Å². The molecule has 4 rings (SSSR count). The summed E-state index contributed by atoms with van der Waals surface area (Å²) in [5.74, 6) is -0.108. The molecule has 1 fully saturated rings. The van der Waals surface area contributed by atoms with Crippen LogP contribution in [0.1, 0.15) is 40.8 Å². The lowest BCUT2D eigenvalue weighted by Crippen LogP contribution is -2.27. The van der Waals surface area contributed by atoms with Crippen LogP contribution in [0.25, 0.3) is 5.57 Å². The zero-order valence-corrected chi connectivity index (χ0v) is 16.9. The highest BCUT2D eigenvalue weighted by Gasteiger charge is 2.25. The van der Waals surface area contributed by atoms with Gasteiger partial charge in [0.2, 0.25) is 5.88 Å². The Balaban J connectivity index is 1.92. The van der Waals surface area contributed by atoms with Gasteiger partial charge in [-0.2, -0.15) is 8.42 Å². The lowest BCUT2D eigenvalue weighted by Gasteiger charge is -2.27. The minimum absolute atomic E-state index is 0.108. The first-order valence-corrected chi connectivity index (χ1v) is 10.8. The van der Waals surface area contributed by atoms with Crippen LogP contribution in [0.2, 0.25) is 0 Å². The van der Waals surface area contributed by atoms with E-state index in [1.807, 2.05) is 6.07 Å². The third-order valence-corrected chi connectivity index (χ3v) is 5.90. The van der Waals surface area contributed by atoms with Gasteiger partial charge in [-0.1, -0.05) is 35.4 Å². The summed E-state index contributed by atoms with van der Waals surface area (Å²) in [6.45, 7) is 4.06. The fraction of sp³-hybridized carbons (Fsp3) is 0.381. The van der Waals surface area contributed by atoms with E-state index in [0.29, 0.717) is 0 Å². The summed E-state index contributed by atoms with van der Waals surface area (Å²) in [7, 11) is -2.49. The molecule has 1 aliphatic heterocycles. The minimum atomic E-state index is -4.61. The van der Waals surface area contributed by atoms with Crippen LogP contribution in [-0.2, 0) is 23.2 Å². The normalized spacial score (nSPS) is 17.7. The molecular weight excluding hydrogens is 376 g/mol. The van der Waals surface area contributed by atoms with E-state index >= 15 is 0 Å². The largest absolute Gasteiger partial charge is 0.447 e. The van der Waals surface area contributed by atoms with Crippen molar-refractivity contribution in [2.75, 3.05) is 20.1 Å². The number of aryl methyl sites for hydroxylation is 3. The fourth-order valence-electron chi connectivity index (χ4n) is 4.11. The molecular formula is C21H24N2O4S. The second kappa shape index (κ2) is 7.31. The van der Waals surface area contributed by atoms with E-state index in [1.165, 1.54) is 28.3 Å². The van der Waals surface area contributed by atoms with E-state index in [0.717, 1.165) is 55.6 Å². The summed E-state index contributed by atoms with van der Waals surface area (Å²) in [4.78, 5) is 6.83. The number of fused-ring (bicyclic) bond motifs is 2. The first kappa shape index (κ1) is 19.1. The smallest absolute Gasteiger partial charge is 0.341 e. The van der Waals surface area contributed by atoms with Gasteiger partial charge in [0, 0.05) is 24.7 Å². The van der Waals surface area contributed by atoms with Gasteiger partial charge in [0.05, 0.1) is 5.69 Å². The third kappa shape index (κ3) is 3.97. The molecule has 7 heteroatoms. The van der Waals surface area contributed by atoms with Crippen LogP contribution in [0.3, 0.4) is 0 Å². The predicted molar refractivity (Wildman–Crippen MR) is 108 cm³/mol. The highest BCUT2D eigenvalue weighted by molar-refractivity contribution is 7.81. The molecule has 0 radical (unpaired) electrons. The maximum Gasteiger partial charge on any atom is 0.447 e. The third-order valence-electron chi connectivity index (χ3n) is 5.52. The van der Waals surface area contributed by atoms with E-state index in [2.05, 4.69) is 46.2 Å². The van der Waals surface area contributed by atoms with E-state index in [4.69, 9.17) is 4.55 Å². The number of aromatic nitrogens is 1. The Hall–Kier alpha value is -2.22. The van der Waals surface area contributed by atoms with Crippen molar-refractivity contribution in [3.63, 3.8) is 0 Å². The summed E-state index contributed by atoms with van der Waals surface area (Å²) in [5, 5.41) is 0. The Bertz CT molecular complexity index is 1050. The first-order valence-electron chi connectivity index (χ1n) is 9.48. The molecule has 0 bridgehead atoms. The Morgan fingerprint density at radius 1 is 1.04 bits per heavy atom. The van der Waals surface area contributed by atoms with Gasteiger partial charge in [0.25, 0.3) is 0 Å². The van der Waals surface area contributed by atoms with E-state index in [1.54, 1.807) is 0 Å². The molecule has 0 atom stereocenters. The quantitative estimate of drug-likeness (QED) is 0.780. The molecule has 0 unspecified atom stereocenters. The molecule has 0 amide bonds. The number of likely N-dealkylation sites (tertiary alicyclic amines) is 1. The second-order valence-corrected chi connectivity index (χ2v) is 8.63. The Labute approximate surface area is 165 Å². The van der Waals surface area contributed by atoms with Gasteiger partial charge in [-0.05, 0) is 56.3 Å². The number of benzene rings is 1. The van der Waals surface area contributed by atoms with Gasteiger partial charge in [-0.25, -0.2) is 4.98 Å². The van der Waals surface area contributed by atoms with Crippen molar-refractivity contribution in [1.82, 2.24) is 9.88 Å². The maximum atomic E-state index is 11.2. The Morgan fingerprint density at radius 3 is 2.46 bits per heavy atom. The molecule has 2 aliphatic rings. The van der Waals surface area contributed by atoms with Crippen molar-refractivity contribution < 1.29 is 17.2 Å². The molecule has 1 aromatic carbocycles. The van der Waals surface area contributed by atoms with E-state index < -0.39 is 10.4 Å². The van der Waals surface area contributed by atoms with Crippen LogP contribution in [-0.4, -0.2) is 43.0 Å². The molecule has 1 saturated heterocycles. The number of nitrogens with zero attached hydrogens (tertiary/aromatic N) is 2. The lowest BCUT2D eigenvalue weighted by molar-refractivity contribution is 0.313. The van der Waals surface area contributed by atoms with Crippen molar-refractivity contribution in [2.45, 2.75) is 32.6 Å². The highest BCUT2D eigenvalue weighted by Crippen LogP contribution is 2.38. The second-order valence-electron chi connectivity index (χ2n) is 7.61. The molecule has 148 valence electrons. The number of hydrogen-bond donors (Lipinski definition) is 1. The number of rotatable bonds is 2. The van der Waals surface area contributed by atoms with Crippen LogP contribution >= 0.6 is 0 Å². The topological polar surface area (TPSA) is 79.7 Å². The average molecular weight is 401 g/mol. The molecule has 2 heterocycles. The molecule has 0 spiro atoms. The summed E-state index contributed by atoms with van der Waals surface area (Å²) in [5.41, 5.74) is 7.94.